The van der Waals surface area contributed by atoms with Crippen LogP contribution in [-0.2, 0) is 4.79 Å². The number of amides is 2. The summed E-state index contributed by atoms with van der Waals surface area (Å²) in [5, 5.41) is 0.674. The van der Waals surface area contributed by atoms with Crippen molar-refractivity contribution in [3.63, 3.8) is 0 Å². The molecule has 1 saturated heterocycles. The van der Waals surface area contributed by atoms with Crippen LogP contribution >= 0.6 is 11.6 Å². The minimum Gasteiger partial charge on any atom is -0.339 e. The van der Waals surface area contributed by atoms with Crippen molar-refractivity contribution < 1.29 is 9.59 Å². The summed E-state index contributed by atoms with van der Waals surface area (Å²) in [6.45, 7) is 12.0. The highest BCUT2D eigenvalue weighted by Crippen LogP contribution is 2.31. The predicted molar refractivity (Wildman–Crippen MR) is 138 cm³/mol. The summed E-state index contributed by atoms with van der Waals surface area (Å²) in [5.74, 6) is 0.133. The third-order valence-corrected chi connectivity index (χ3v) is 6.63. The smallest absolute Gasteiger partial charge is 0.255 e. The lowest BCUT2D eigenvalue weighted by Crippen LogP contribution is -2.53. The molecular formula is C28H32ClN3O2. The lowest BCUT2D eigenvalue weighted by Gasteiger charge is -2.37. The fourth-order valence-electron chi connectivity index (χ4n) is 4.51. The van der Waals surface area contributed by atoms with Crippen molar-refractivity contribution in [3.8, 4) is 16.9 Å². The number of benzene rings is 2. The standard InChI is InChI=1S/C28H32ClN3O2/c1-19-7-6-8-23(17-19)32-20(2)24(18-25(32)21-9-11-22(29)12-10-21)26(33)30-13-15-31(16-14-30)27(34)28(3,4)5/h6-12,17-18H,13-16H2,1-5H3. The molecule has 1 fully saturated rings. The highest BCUT2D eigenvalue weighted by Gasteiger charge is 2.32. The molecule has 2 heterocycles. The zero-order chi connectivity index (χ0) is 24.6. The maximum atomic E-state index is 13.6. The zero-order valence-corrected chi connectivity index (χ0v) is 21.3. The van der Waals surface area contributed by atoms with E-state index in [2.05, 4.69) is 29.7 Å². The van der Waals surface area contributed by atoms with Gasteiger partial charge in [-0.05, 0) is 55.3 Å². The molecule has 6 heteroatoms. The number of hydrogen-bond donors (Lipinski definition) is 0. The van der Waals surface area contributed by atoms with Crippen molar-refractivity contribution in [3.05, 3.63) is 76.4 Å². The largest absolute Gasteiger partial charge is 0.339 e. The van der Waals surface area contributed by atoms with Crippen LogP contribution in [0, 0.1) is 19.3 Å². The summed E-state index contributed by atoms with van der Waals surface area (Å²) in [6, 6.07) is 18.0. The van der Waals surface area contributed by atoms with Gasteiger partial charge >= 0.3 is 0 Å². The summed E-state index contributed by atoms with van der Waals surface area (Å²) < 4.78 is 2.14. The van der Waals surface area contributed by atoms with E-state index in [1.54, 1.807) is 0 Å². The molecule has 0 atom stereocenters. The summed E-state index contributed by atoms with van der Waals surface area (Å²) in [4.78, 5) is 30.0. The summed E-state index contributed by atoms with van der Waals surface area (Å²) >= 11 is 6.13. The number of rotatable bonds is 3. The number of aromatic nitrogens is 1. The van der Waals surface area contributed by atoms with Crippen molar-refractivity contribution >= 4 is 23.4 Å². The molecule has 34 heavy (non-hydrogen) atoms. The van der Waals surface area contributed by atoms with Gasteiger partial charge in [0, 0.05) is 48.0 Å². The van der Waals surface area contributed by atoms with Gasteiger partial charge in [0.05, 0.1) is 11.3 Å². The first-order chi connectivity index (χ1) is 16.1. The molecule has 3 aromatic rings. The quantitative estimate of drug-likeness (QED) is 0.482. The van der Waals surface area contributed by atoms with Crippen molar-refractivity contribution in [2.45, 2.75) is 34.6 Å². The Morgan fingerprint density at radius 2 is 1.47 bits per heavy atom. The van der Waals surface area contributed by atoms with E-state index in [0.717, 1.165) is 28.2 Å². The van der Waals surface area contributed by atoms with Crippen molar-refractivity contribution in [1.82, 2.24) is 14.4 Å². The Kier molecular flexibility index (Phi) is 6.59. The number of halogens is 1. The lowest BCUT2D eigenvalue weighted by molar-refractivity contribution is -0.140. The van der Waals surface area contributed by atoms with Crippen LogP contribution in [0.3, 0.4) is 0 Å². The number of aryl methyl sites for hydroxylation is 1. The molecule has 2 amide bonds. The van der Waals surface area contributed by atoms with Gasteiger partial charge in [0.15, 0.2) is 0 Å². The van der Waals surface area contributed by atoms with Crippen molar-refractivity contribution in [2.24, 2.45) is 5.41 Å². The number of carbonyl (C=O) groups is 2. The van der Waals surface area contributed by atoms with E-state index in [0.29, 0.717) is 36.8 Å². The molecule has 1 aliphatic rings. The van der Waals surface area contributed by atoms with Crippen molar-refractivity contribution in [1.29, 1.82) is 0 Å². The number of piperazine rings is 1. The molecule has 1 aromatic heterocycles. The van der Waals surface area contributed by atoms with Gasteiger partial charge in [-0.25, -0.2) is 0 Å². The van der Waals surface area contributed by atoms with Crippen LogP contribution in [0.15, 0.2) is 54.6 Å². The first kappa shape index (κ1) is 24.1. The zero-order valence-electron chi connectivity index (χ0n) is 20.6. The van der Waals surface area contributed by atoms with Crippen LogP contribution in [0.4, 0.5) is 0 Å². The first-order valence-corrected chi connectivity index (χ1v) is 12.1. The fraction of sp³-hybridized carbons (Fsp3) is 0.357. The average molecular weight is 478 g/mol. The van der Waals surface area contributed by atoms with Gasteiger partial charge in [-0.3, -0.25) is 9.59 Å². The molecule has 0 aliphatic carbocycles. The minimum atomic E-state index is -0.415. The van der Waals surface area contributed by atoms with Gasteiger partial charge in [0.1, 0.15) is 0 Å². The van der Waals surface area contributed by atoms with Crippen LogP contribution in [0.2, 0.25) is 5.02 Å². The number of hydrogen-bond acceptors (Lipinski definition) is 2. The van der Waals surface area contributed by atoms with E-state index in [4.69, 9.17) is 11.6 Å². The topological polar surface area (TPSA) is 45.6 Å². The fourth-order valence-corrected chi connectivity index (χ4v) is 4.64. The van der Waals surface area contributed by atoms with E-state index >= 15 is 0 Å². The van der Waals surface area contributed by atoms with Crippen LogP contribution in [0.25, 0.3) is 16.9 Å². The first-order valence-electron chi connectivity index (χ1n) is 11.7. The minimum absolute atomic E-state index is 0.00183. The maximum Gasteiger partial charge on any atom is 0.255 e. The highest BCUT2D eigenvalue weighted by molar-refractivity contribution is 6.30. The molecule has 4 rings (SSSR count). The second-order valence-corrected chi connectivity index (χ2v) is 10.5. The van der Waals surface area contributed by atoms with Crippen LogP contribution in [0.5, 0.6) is 0 Å². The Morgan fingerprint density at radius 1 is 0.853 bits per heavy atom. The van der Waals surface area contributed by atoms with Gasteiger partial charge in [0.25, 0.3) is 5.91 Å². The number of nitrogens with zero attached hydrogens (tertiary/aromatic N) is 3. The molecule has 5 nitrogen and oxygen atoms in total. The molecule has 0 spiro atoms. The van der Waals surface area contributed by atoms with E-state index in [9.17, 15) is 9.59 Å². The number of carbonyl (C=O) groups excluding carboxylic acids is 2. The highest BCUT2D eigenvalue weighted by atomic mass is 35.5. The SMILES string of the molecule is Cc1cccc(-n2c(-c3ccc(Cl)cc3)cc(C(=O)N3CCN(C(=O)C(C)(C)C)CC3)c2C)c1. The molecular weight excluding hydrogens is 446 g/mol. The van der Waals surface area contributed by atoms with Gasteiger partial charge in [-0.15, -0.1) is 0 Å². The summed E-state index contributed by atoms with van der Waals surface area (Å²) in [5.41, 5.74) is 5.28. The molecule has 0 radical (unpaired) electrons. The monoisotopic (exact) mass is 477 g/mol. The van der Waals surface area contributed by atoms with Crippen LogP contribution < -0.4 is 0 Å². The Balaban J connectivity index is 1.68. The molecule has 1 aliphatic heterocycles. The lowest BCUT2D eigenvalue weighted by atomic mass is 9.94. The molecule has 178 valence electrons. The third-order valence-electron chi connectivity index (χ3n) is 6.37. The Morgan fingerprint density at radius 3 is 2.06 bits per heavy atom. The second-order valence-electron chi connectivity index (χ2n) is 10.0. The van der Waals surface area contributed by atoms with E-state index < -0.39 is 5.41 Å². The summed E-state index contributed by atoms with van der Waals surface area (Å²) in [7, 11) is 0. The van der Waals surface area contributed by atoms with E-state index in [-0.39, 0.29) is 11.8 Å². The normalized spacial score (nSPS) is 14.4. The van der Waals surface area contributed by atoms with Crippen LogP contribution in [0.1, 0.15) is 42.4 Å². The van der Waals surface area contributed by atoms with Gasteiger partial charge in [-0.2, -0.15) is 0 Å². The maximum absolute atomic E-state index is 13.6. The predicted octanol–water partition coefficient (Wildman–Crippen LogP) is 5.75. The average Bonchev–Trinajstić information content (AvgIpc) is 3.15. The molecule has 0 N–H and O–H groups in total. The Labute approximate surface area is 206 Å². The molecule has 2 aromatic carbocycles. The summed E-state index contributed by atoms with van der Waals surface area (Å²) in [6.07, 6.45) is 0. The van der Waals surface area contributed by atoms with E-state index in [1.807, 2.05) is 73.9 Å². The van der Waals surface area contributed by atoms with Crippen molar-refractivity contribution in [2.75, 3.05) is 26.2 Å². The van der Waals surface area contributed by atoms with Gasteiger partial charge in [0.2, 0.25) is 5.91 Å². The molecule has 0 unspecified atom stereocenters. The molecule has 0 bridgehead atoms. The molecule has 0 saturated carbocycles. The van der Waals surface area contributed by atoms with Crippen LogP contribution in [-0.4, -0.2) is 52.4 Å². The third kappa shape index (κ3) is 4.76. The van der Waals surface area contributed by atoms with E-state index in [1.165, 1.54) is 0 Å². The second kappa shape index (κ2) is 9.30. The van der Waals surface area contributed by atoms with Gasteiger partial charge in [-0.1, -0.05) is 56.6 Å². The Bertz CT molecular complexity index is 1210. The van der Waals surface area contributed by atoms with Gasteiger partial charge < -0.3 is 14.4 Å². The Hall–Kier alpha value is -3.05.